The van der Waals surface area contributed by atoms with Crippen LogP contribution in [0.25, 0.3) is 17.0 Å². The normalized spacial score (nSPS) is 17.0. The minimum absolute atomic E-state index is 0.666. The van der Waals surface area contributed by atoms with Gasteiger partial charge in [-0.3, -0.25) is 24.6 Å². The van der Waals surface area contributed by atoms with Crippen LogP contribution in [-0.2, 0) is 20.9 Å². The highest BCUT2D eigenvalue weighted by Gasteiger charge is 2.42. The lowest BCUT2D eigenvalue weighted by molar-refractivity contribution is -0.145. The second-order valence-electron chi connectivity index (χ2n) is 7.08. The third-order valence-corrected chi connectivity index (χ3v) is 5.10. The number of aromatic nitrogens is 1. The minimum atomic E-state index is -1.55. The van der Waals surface area contributed by atoms with Crippen LogP contribution < -0.4 is 5.32 Å². The summed E-state index contributed by atoms with van der Waals surface area (Å²) in [5.41, 5.74) is 2.94. The van der Waals surface area contributed by atoms with Crippen LogP contribution in [0.3, 0.4) is 0 Å². The predicted octanol–water partition coefficient (Wildman–Crippen LogP) is 2.60. The fraction of sp³-hybridized carbons (Fsp3) is 0.130. The Labute approximate surface area is 172 Å². The molecule has 1 atom stereocenters. The van der Waals surface area contributed by atoms with E-state index < -0.39 is 29.5 Å². The van der Waals surface area contributed by atoms with Crippen LogP contribution in [0.5, 0.6) is 0 Å². The summed E-state index contributed by atoms with van der Waals surface area (Å²) in [6.45, 7) is 0.666. The van der Waals surface area contributed by atoms with Crippen LogP contribution in [0.15, 0.2) is 66.9 Å². The molecule has 1 aliphatic rings. The van der Waals surface area contributed by atoms with Gasteiger partial charge in [-0.15, -0.1) is 0 Å². The van der Waals surface area contributed by atoms with Crippen molar-refractivity contribution in [3.8, 4) is 0 Å². The Morgan fingerprint density at radius 1 is 1.03 bits per heavy atom. The number of nitrogens with one attached hydrogen (secondary N) is 1. The van der Waals surface area contributed by atoms with Gasteiger partial charge in [0.1, 0.15) is 0 Å². The fourth-order valence-electron chi connectivity index (χ4n) is 3.51. The summed E-state index contributed by atoms with van der Waals surface area (Å²) in [7, 11) is 1.23. The largest absolute Gasteiger partial charge is 0.342 e. The van der Waals surface area contributed by atoms with Gasteiger partial charge in [-0.1, -0.05) is 48.5 Å². The highest BCUT2D eigenvalue weighted by molar-refractivity contribution is 6.28. The van der Waals surface area contributed by atoms with Crippen molar-refractivity contribution in [2.75, 3.05) is 7.05 Å². The van der Waals surface area contributed by atoms with Crippen LogP contribution in [0, 0.1) is 5.92 Å². The molecule has 4 rings (SSSR count). The number of nitrogens with zero attached hydrogens (tertiary/aromatic N) is 2. The molecule has 0 spiro atoms. The zero-order valence-corrected chi connectivity index (χ0v) is 16.2. The molecule has 4 amide bonds. The van der Waals surface area contributed by atoms with Crippen LogP contribution >= 0.6 is 0 Å². The number of amides is 4. The molecule has 0 aliphatic carbocycles. The number of barbiturate groups is 1. The Morgan fingerprint density at radius 3 is 2.50 bits per heavy atom. The lowest BCUT2D eigenvalue weighted by Crippen LogP contribution is -2.58. The first-order chi connectivity index (χ1) is 14.5. The maximum atomic E-state index is 12.6. The van der Waals surface area contributed by atoms with E-state index in [-0.39, 0.29) is 0 Å². The fourth-order valence-corrected chi connectivity index (χ4v) is 3.51. The number of imide groups is 2. The van der Waals surface area contributed by atoms with Crippen LogP contribution in [0.4, 0.5) is 4.79 Å². The van der Waals surface area contributed by atoms with Crippen LogP contribution in [-0.4, -0.2) is 40.1 Å². The Bertz CT molecular complexity index is 1190. The summed E-state index contributed by atoms with van der Waals surface area (Å²) < 4.78 is 2.08. The molecule has 7 nitrogen and oxygen atoms in total. The third kappa shape index (κ3) is 3.53. The molecule has 3 aromatic rings. The molecule has 0 radical (unpaired) electrons. The van der Waals surface area contributed by atoms with Crippen molar-refractivity contribution in [3.63, 3.8) is 0 Å². The standard InChI is InChI=1S/C23H19N3O4/c1-25-22(29)20(21(28)24-23(25)30)19(27)12-11-16-14-26(13-15-7-3-2-4-8-15)18-10-6-5-9-17(16)18/h2-12,14,20H,13H2,1H3,(H,24,28,30)/b12-11+/t20-/m0/s1. The first-order valence-corrected chi connectivity index (χ1v) is 9.42. The number of urea groups is 1. The first-order valence-electron chi connectivity index (χ1n) is 9.42. The van der Waals surface area contributed by atoms with Crippen LogP contribution in [0.1, 0.15) is 11.1 Å². The van der Waals surface area contributed by atoms with E-state index in [9.17, 15) is 19.2 Å². The summed E-state index contributed by atoms with van der Waals surface area (Å²) in [6.07, 6.45) is 4.75. The molecule has 1 saturated heterocycles. The van der Waals surface area contributed by atoms with E-state index >= 15 is 0 Å². The van der Waals surface area contributed by atoms with E-state index in [0.29, 0.717) is 6.54 Å². The lowest BCUT2D eigenvalue weighted by atomic mass is 9.98. The number of carbonyl (C=O) groups is 4. The topological polar surface area (TPSA) is 88.5 Å². The SMILES string of the molecule is CN1C(=O)NC(=O)[C@H](C(=O)/C=C/c2cn(Cc3ccccc3)c3ccccc23)C1=O. The molecule has 7 heteroatoms. The molecular formula is C23H19N3O4. The van der Waals surface area contributed by atoms with Gasteiger partial charge in [-0.25, -0.2) is 4.79 Å². The number of allylic oxidation sites excluding steroid dienone is 1. The number of hydrogen-bond donors (Lipinski definition) is 1. The van der Waals surface area contributed by atoms with E-state index in [1.807, 2.05) is 66.1 Å². The van der Waals surface area contributed by atoms with Gasteiger partial charge in [0.25, 0.3) is 5.91 Å². The van der Waals surface area contributed by atoms with E-state index in [1.165, 1.54) is 13.1 Å². The zero-order valence-electron chi connectivity index (χ0n) is 16.2. The number of hydrogen-bond acceptors (Lipinski definition) is 4. The van der Waals surface area contributed by atoms with E-state index in [2.05, 4.69) is 4.57 Å². The van der Waals surface area contributed by atoms with Gasteiger partial charge in [0, 0.05) is 36.3 Å². The lowest BCUT2D eigenvalue weighted by Gasteiger charge is -2.25. The van der Waals surface area contributed by atoms with Gasteiger partial charge >= 0.3 is 6.03 Å². The van der Waals surface area contributed by atoms with Crippen molar-refractivity contribution in [1.82, 2.24) is 14.8 Å². The summed E-state index contributed by atoms with van der Waals surface area (Å²) in [6, 6.07) is 17.0. The van der Waals surface area contributed by atoms with Crippen molar-refractivity contribution in [2.24, 2.45) is 5.92 Å². The van der Waals surface area contributed by atoms with Crippen molar-refractivity contribution in [3.05, 3.63) is 78.0 Å². The Morgan fingerprint density at radius 2 is 1.73 bits per heavy atom. The highest BCUT2D eigenvalue weighted by Crippen LogP contribution is 2.24. The second kappa shape index (κ2) is 7.79. The maximum absolute atomic E-state index is 12.6. The van der Waals surface area contributed by atoms with Gasteiger partial charge < -0.3 is 4.57 Å². The minimum Gasteiger partial charge on any atom is -0.342 e. The monoisotopic (exact) mass is 401 g/mol. The highest BCUT2D eigenvalue weighted by atomic mass is 16.2. The van der Waals surface area contributed by atoms with Gasteiger partial charge in [0.2, 0.25) is 5.91 Å². The number of rotatable bonds is 5. The first kappa shape index (κ1) is 19.3. The van der Waals surface area contributed by atoms with Crippen molar-refractivity contribution in [1.29, 1.82) is 0 Å². The quantitative estimate of drug-likeness (QED) is 0.526. The van der Waals surface area contributed by atoms with Gasteiger partial charge in [-0.2, -0.15) is 0 Å². The molecule has 1 aliphatic heterocycles. The van der Waals surface area contributed by atoms with Crippen molar-refractivity contribution >= 4 is 40.6 Å². The third-order valence-electron chi connectivity index (χ3n) is 5.10. The molecule has 0 unspecified atom stereocenters. The van der Waals surface area contributed by atoms with Crippen LogP contribution in [0.2, 0.25) is 0 Å². The maximum Gasteiger partial charge on any atom is 0.330 e. The summed E-state index contributed by atoms with van der Waals surface area (Å²) >= 11 is 0. The number of benzene rings is 2. The number of carbonyl (C=O) groups excluding carboxylic acids is 4. The van der Waals surface area contributed by atoms with Crippen molar-refractivity contribution in [2.45, 2.75) is 6.54 Å². The van der Waals surface area contributed by atoms with E-state index in [4.69, 9.17) is 0 Å². The molecular weight excluding hydrogens is 382 g/mol. The molecule has 1 N–H and O–H groups in total. The number of para-hydroxylation sites is 1. The Kier molecular flexibility index (Phi) is 5.02. The summed E-state index contributed by atoms with van der Waals surface area (Å²) in [4.78, 5) is 49.0. The molecule has 2 heterocycles. The number of fused-ring (bicyclic) bond motifs is 1. The molecule has 0 bridgehead atoms. The van der Waals surface area contributed by atoms with Gasteiger partial charge in [-0.05, 0) is 23.8 Å². The Hall–Kier alpha value is -4.00. The molecule has 2 aromatic carbocycles. The molecule has 150 valence electrons. The van der Waals surface area contributed by atoms with Gasteiger partial charge in [0.15, 0.2) is 11.7 Å². The van der Waals surface area contributed by atoms with E-state index in [0.717, 1.165) is 26.9 Å². The number of ketones is 1. The molecule has 1 fully saturated rings. The van der Waals surface area contributed by atoms with Crippen molar-refractivity contribution < 1.29 is 19.2 Å². The summed E-state index contributed by atoms with van der Waals surface area (Å²) in [5, 5.41) is 2.97. The molecule has 30 heavy (non-hydrogen) atoms. The summed E-state index contributed by atoms with van der Waals surface area (Å²) in [5.74, 6) is -3.95. The van der Waals surface area contributed by atoms with E-state index in [1.54, 1.807) is 6.08 Å². The molecule has 1 aromatic heterocycles. The average Bonchev–Trinajstić information content (AvgIpc) is 3.09. The second-order valence-corrected chi connectivity index (χ2v) is 7.08. The average molecular weight is 401 g/mol. The predicted molar refractivity (Wildman–Crippen MR) is 111 cm³/mol. The zero-order chi connectivity index (χ0) is 21.3. The smallest absolute Gasteiger partial charge is 0.330 e. The Balaban J connectivity index is 1.63. The van der Waals surface area contributed by atoms with Gasteiger partial charge in [0.05, 0.1) is 0 Å². The molecule has 0 saturated carbocycles.